The number of hydrogen-bond donors (Lipinski definition) is 0. The SMILES string of the molecule is O=C1OC(c2ccccc2)(c2ccc(Oc3ccccc3)cc2)c2ccccc21. The molecule has 29 heavy (non-hydrogen) atoms. The lowest BCUT2D eigenvalue weighted by molar-refractivity contribution is 0.0251. The van der Waals surface area contributed by atoms with Crippen molar-refractivity contribution >= 4 is 5.97 Å². The van der Waals surface area contributed by atoms with E-state index >= 15 is 0 Å². The Kier molecular flexibility index (Phi) is 4.14. The summed E-state index contributed by atoms with van der Waals surface area (Å²) in [6.07, 6.45) is 0. The van der Waals surface area contributed by atoms with Crippen LogP contribution in [-0.4, -0.2) is 5.97 Å². The van der Waals surface area contributed by atoms with E-state index in [9.17, 15) is 4.79 Å². The van der Waals surface area contributed by atoms with Crippen molar-refractivity contribution in [3.05, 3.63) is 131 Å². The summed E-state index contributed by atoms with van der Waals surface area (Å²) in [5.41, 5.74) is 2.27. The van der Waals surface area contributed by atoms with Crippen molar-refractivity contribution in [2.45, 2.75) is 5.60 Å². The van der Waals surface area contributed by atoms with E-state index in [0.29, 0.717) is 5.56 Å². The molecule has 0 amide bonds. The summed E-state index contributed by atoms with van der Waals surface area (Å²) in [6.45, 7) is 0. The van der Waals surface area contributed by atoms with Gasteiger partial charge >= 0.3 is 5.97 Å². The molecule has 0 saturated carbocycles. The molecular formula is C26H18O3. The summed E-state index contributed by atoms with van der Waals surface area (Å²) in [5, 5.41) is 0. The van der Waals surface area contributed by atoms with Crippen molar-refractivity contribution < 1.29 is 14.3 Å². The number of rotatable bonds is 4. The van der Waals surface area contributed by atoms with Crippen molar-refractivity contribution in [1.82, 2.24) is 0 Å². The fraction of sp³-hybridized carbons (Fsp3) is 0.0385. The van der Waals surface area contributed by atoms with E-state index in [-0.39, 0.29) is 5.97 Å². The van der Waals surface area contributed by atoms with Crippen LogP contribution in [0.1, 0.15) is 27.0 Å². The Labute approximate surface area is 169 Å². The molecule has 1 atom stereocenters. The third kappa shape index (κ3) is 2.88. The maximum atomic E-state index is 12.7. The van der Waals surface area contributed by atoms with E-state index in [1.54, 1.807) is 0 Å². The zero-order valence-corrected chi connectivity index (χ0v) is 15.6. The van der Waals surface area contributed by atoms with Crippen LogP contribution in [0.4, 0.5) is 0 Å². The standard InChI is InChI=1S/C26H18O3/c27-25-23-13-7-8-14-24(23)26(29-25,19-9-3-1-4-10-19)20-15-17-22(18-16-20)28-21-11-5-2-6-12-21/h1-18H. The molecule has 5 rings (SSSR count). The molecule has 0 N–H and O–H groups in total. The van der Waals surface area contributed by atoms with Crippen molar-refractivity contribution in [1.29, 1.82) is 0 Å². The lowest BCUT2D eigenvalue weighted by Crippen LogP contribution is -2.29. The van der Waals surface area contributed by atoms with Crippen LogP contribution in [0.2, 0.25) is 0 Å². The van der Waals surface area contributed by atoms with Gasteiger partial charge in [0.25, 0.3) is 0 Å². The first kappa shape index (κ1) is 17.3. The van der Waals surface area contributed by atoms with Gasteiger partial charge in [-0.1, -0.05) is 78.9 Å². The zero-order chi connectivity index (χ0) is 19.7. The Hall–Kier alpha value is -3.85. The number of fused-ring (bicyclic) bond motifs is 1. The molecule has 0 spiro atoms. The van der Waals surface area contributed by atoms with Crippen LogP contribution in [-0.2, 0) is 10.3 Å². The number of hydrogen-bond acceptors (Lipinski definition) is 3. The Morgan fingerprint density at radius 3 is 1.86 bits per heavy atom. The van der Waals surface area contributed by atoms with Crippen LogP contribution < -0.4 is 4.74 Å². The predicted molar refractivity (Wildman–Crippen MR) is 111 cm³/mol. The van der Waals surface area contributed by atoms with Gasteiger partial charge < -0.3 is 9.47 Å². The van der Waals surface area contributed by atoms with Gasteiger partial charge in [0.1, 0.15) is 11.5 Å². The van der Waals surface area contributed by atoms with E-state index in [2.05, 4.69) is 0 Å². The molecule has 0 radical (unpaired) electrons. The molecule has 4 aromatic rings. The third-order valence-electron chi connectivity index (χ3n) is 5.19. The quantitative estimate of drug-likeness (QED) is 0.412. The van der Waals surface area contributed by atoms with Crippen LogP contribution in [0.5, 0.6) is 11.5 Å². The molecule has 1 aliphatic heterocycles. The Morgan fingerprint density at radius 1 is 0.586 bits per heavy atom. The second-order valence-electron chi connectivity index (χ2n) is 6.92. The van der Waals surface area contributed by atoms with Crippen molar-refractivity contribution in [3.63, 3.8) is 0 Å². The first-order chi connectivity index (χ1) is 14.3. The average molecular weight is 378 g/mol. The second-order valence-corrected chi connectivity index (χ2v) is 6.92. The van der Waals surface area contributed by atoms with Gasteiger partial charge in [-0.15, -0.1) is 0 Å². The topological polar surface area (TPSA) is 35.5 Å². The third-order valence-corrected chi connectivity index (χ3v) is 5.19. The fourth-order valence-electron chi connectivity index (χ4n) is 3.87. The summed E-state index contributed by atoms with van der Waals surface area (Å²) in [5.74, 6) is 1.19. The van der Waals surface area contributed by atoms with Crippen LogP contribution in [0.15, 0.2) is 109 Å². The minimum absolute atomic E-state index is 0.311. The van der Waals surface area contributed by atoms with E-state index in [0.717, 1.165) is 28.2 Å². The summed E-state index contributed by atoms with van der Waals surface area (Å²) in [6, 6.07) is 34.8. The first-order valence-corrected chi connectivity index (χ1v) is 9.49. The van der Waals surface area contributed by atoms with Gasteiger partial charge in [0.05, 0.1) is 5.56 Å². The van der Waals surface area contributed by atoms with E-state index in [1.807, 2.05) is 109 Å². The molecule has 3 nitrogen and oxygen atoms in total. The monoisotopic (exact) mass is 378 g/mol. The summed E-state index contributed by atoms with van der Waals surface area (Å²) in [4.78, 5) is 12.7. The van der Waals surface area contributed by atoms with Gasteiger partial charge in [0.15, 0.2) is 5.60 Å². The second kappa shape index (κ2) is 6.95. The van der Waals surface area contributed by atoms with Crippen molar-refractivity contribution in [2.24, 2.45) is 0 Å². The molecular weight excluding hydrogens is 360 g/mol. The van der Waals surface area contributed by atoms with Crippen LogP contribution >= 0.6 is 0 Å². The van der Waals surface area contributed by atoms with Gasteiger partial charge in [-0.25, -0.2) is 4.79 Å². The predicted octanol–water partition coefficient (Wildman–Crippen LogP) is 5.94. The molecule has 0 aromatic heterocycles. The molecule has 0 fully saturated rings. The number of esters is 1. The van der Waals surface area contributed by atoms with Gasteiger partial charge in [-0.05, 0) is 30.3 Å². The average Bonchev–Trinajstić information content (AvgIpc) is 3.09. The highest BCUT2D eigenvalue weighted by Crippen LogP contribution is 2.47. The summed E-state index contributed by atoms with van der Waals surface area (Å²) in [7, 11) is 0. The minimum Gasteiger partial charge on any atom is -0.457 e. The molecule has 0 saturated heterocycles. The number of para-hydroxylation sites is 1. The van der Waals surface area contributed by atoms with Gasteiger partial charge in [-0.2, -0.15) is 0 Å². The van der Waals surface area contributed by atoms with Gasteiger partial charge in [-0.3, -0.25) is 0 Å². The molecule has 1 heterocycles. The minimum atomic E-state index is -0.972. The lowest BCUT2D eigenvalue weighted by Gasteiger charge is -2.30. The summed E-state index contributed by atoms with van der Waals surface area (Å²) < 4.78 is 12.0. The highest BCUT2D eigenvalue weighted by atomic mass is 16.6. The number of carbonyl (C=O) groups is 1. The maximum absolute atomic E-state index is 12.7. The lowest BCUT2D eigenvalue weighted by atomic mass is 9.80. The highest BCUT2D eigenvalue weighted by molar-refractivity contribution is 5.96. The number of carbonyl (C=O) groups excluding carboxylic acids is 1. The molecule has 0 bridgehead atoms. The van der Waals surface area contributed by atoms with Gasteiger partial charge in [0, 0.05) is 16.7 Å². The van der Waals surface area contributed by atoms with E-state index in [4.69, 9.17) is 9.47 Å². The number of ether oxygens (including phenoxy) is 2. The fourth-order valence-corrected chi connectivity index (χ4v) is 3.87. The normalized spacial score (nSPS) is 17.4. The van der Waals surface area contributed by atoms with Crippen LogP contribution in [0.3, 0.4) is 0 Å². The molecule has 1 unspecified atom stereocenters. The maximum Gasteiger partial charge on any atom is 0.340 e. The Balaban J connectivity index is 1.61. The van der Waals surface area contributed by atoms with Crippen LogP contribution in [0.25, 0.3) is 0 Å². The van der Waals surface area contributed by atoms with E-state index < -0.39 is 5.60 Å². The first-order valence-electron chi connectivity index (χ1n) is 9.49. The van der Waals surface area contributed by atoms with Crippen LogP contribution in [0, 0.1) is 0 Å². The Morgan fingerprint density at radius 2 is 1.14 bits per heavy atom. The Bertz CT molecular complexity index is 1150. The van der Waals surface area contributed by atoms with E-state index in [1.165, 1.54) is 0 Å². The molecule has 0 aliphatic carbocycles. The number of cyclic esters (lactones) is 1. The van der Waals surface area contributed by atoms with Gasteiger partial charge in [0.2, 0.25) is 0 Å². The molecule has 4 aromatic carbocycles. The summed E-state index contributed by atoms with van der Waals surface area (Å²) >= 11 is 0. The number of benzene rings is 4. The largest absolute Gasteiger partial charge is 0.457 e. The molecule has 1 aliphatic rings. The molecule has 140 valence electrons. The van der Waals surface area contributed by atoms with Crippen molar-refractivity contribution in [2.75, 3.05) is 0 Å². The smallest absolute Gasteiger partial charge is 0.340 e. The molecule has 3 heteroatoms. The van der Waals surface area contributed by atoms with Crippen molar-refractivity contribution in [3.8, 4) is 11.5 Å². The zero-order valence-electron chi connectivity index (χ0n) is 15.6. The highest BCUT2D eigenvalue weighted by Gasteiger charge is 2.48.